The number of methoxy groups -OCH3 is 1. The minimum atomic E-state index is -0.225. The van der Waals surface area contributed by atoms with Crippen molar-refractivity contribution in [1.82, 2.24) is 25.1 Å². The topological polar surface area (TPSA) is 91.2 Å². The zero-order chi connectivity index (χ0) is 23.4. The van der Waals surface area contributed by atoms with Crippen LogP contribution in [0.2, 0.25) is 0 Å². The Bertz CT molecular complexity index is 1080. The number of hydrogen-bond acceptors (Lipinski definition) is 7. The molecule has 3 aromatic heterocycles. The molecule has 8 nitrogen and oxygen atoms in total. The number of ether oxygens (including phenoxy) is 2. The van der Waals surface area contributed by atoms with Crippen molar-refractivity contribution in [2.45, 2.75) is 45.6 Å². The van der Waals surface area contributed by atoms with Crippen LogP contribution in [0.5, 0.6) is 5.88 Å². The molecule has 0 saturated carbocycles. The fourth-order valence-corrected chi connectivity index (χ4v) is 4.71. The summed E-state index contributed by atoms with van der Waals surface area (Å²) in [6.07, 6.45) is 5.91. The molecule has 9 heteroatoms. The van der Waals surface area contributed by atoms with Crippen LogP contribution < -0.4 is 10.1 Å². The first kappa shape index (κ1) is 23.4. The molecular formula is C24H31N5O3S. The molecule has 4 rings (SSSR count). The molecule has 33 heavy (non-hydrogen) atoms. The molecule has 176 valence electrons. The Kier molecular flexibility index (Phi) is 7.09. The Labute approximate surface area is 198 Å². The third-order valence-electron chi connectivity index (χ3n) is 5.68. The summed E-state index contributed by atoms with van der Waals surface area (Å²) < 4.78 is 12.6. The molecule has 3 aromatic rings. The summed E-state index contributed by atoms with van der Waals surface area (Å²) in [5.41, 5.74) is 3.35. The lowest BCUT2D eigenvalue weighted by atomic mass is 10.0. The minimum absolute atomic E-state index is 0.00306. The normalized spacial score (nSPS) is 14.9. The second-order valence-electron chi connectivity index (χ2n) is 9.26. The number of nitrogens with zero attached hydrogens (tertiary/aromatic N) is 4. The highest BCUT2D eigenvalue weighted by atomic mass is 32.1. The third kappa shape index (κ3) is 5.59. The van der Waals surface area contributed by atoms with E-state index in [0.29, 0.717) is 18.3 Å². The van der Waals surface area contributed by atoms with Crippen LogP contribution >= 0.6 is 11.3 Å². The number of rotatable bonds is 7. The molecular weight excluding hydrogens is 438 g/mol. The summed E-state index contributed by atoms with van der Waals surface area (Å²) in [5.74, 6) is 1.06. The average molecular weight is 470 g/mol. The van der Waals surface area contributed by atoms with E-state index in [-0.39, 0.29) is 17.9 Å². The number of amides is 1. The monoisotopic (exact) mass is 469 g/mol. The summed E-state index contributed by atoms with van der Waals surface area (Å²) in [6.45, 7) is 8.60. The number of hydrogen-bond donors (Lipinski definition) is 1. The molecule has 1 N–H and O–H groups in total. The van der Waals surface area contributed by atoms with Crippen LogP contribution in [-0.2, 0) is 21.5 Å². The number of carbonyl (C=O) groups excluding carboxylic acids is 1. The van der Waals surface area contributed by atoms with Crippen LogP contribution in [0.15, 0.2) is 29.9 Å². The third-order valence-corrected chi connectivity index (χ3v) is 6.60. The van der Waals surface area contributed by atoms with E-state index in [1.54, 1.807) is 13.3 Å². The van der Waals surface area contributed by atoms with Gasteiger partial charge in [-0.3, -0.25) is 9.48 Å². The van der Waals surface area contributed by atoms with E-state index in [4.69, 9.17) is 14.5 Å². The standard InChI is InChI=1S/C24H31N5O3S/c1-24(2,3)29-22(17-5-6-21(31-4)26-13-17)19(14-27-29)23-28-18(15-33-23)11-20(30)25-12-16-7-9-32-10-8-16/h5-6,13-16H,7-12H2,1-4H3,(H,25,30). The average Bonchev–Trinajstić information content (AvgIpc) is 3.45. The Morgan fingerprint density at radius 3 is 2.73 bits per heavy atom. The van der Waals surface area contributed by atoms with Gasteiger partial charge in [-0.05, 0) is 45.6 Å². The van der Waals surface area contributed by atoms with Gasteiger partial charge >= 0.3 is 0 Å². The molecule has 1 aliphatic rings. The highest BCUT2D eigenvalue weighted by Gasteiger charge is 2.25. The maximum absolute atomic E-state index is 12.5. The maximum Gasteiger partial charge on any atom is 0.226 e. The van der Waals surface area contributed by atoms with Crippen molar-refractivity contribution in [2.24, 2.45) is 5.92 Å². The highest BCUT2D eigenvalue weighted by Crippen LogP contribution is 2.36. The Morgan fingerprint density at radius 1 is 1.27 bits per heavy atom. The summed E-state index contributed by atoms with van der Waals surface area (Å²) in [6, 6.07) is 3.82. The molecule has 1 amide bonds. The van der Waals surface area contributed by atoms with Crippen LogP contribution in [0, 0.1) is 5.92 Å². The van der Waals surface area contributed by atoms with Gasteiger partial charge in [-0.1, -0.05) is 0 Å². The van der Waals surface area contributed by atoms with Crippen molar-refractivity contribution in [3.8, 4) is 27.7 Å². The number of carbonyl (C=O) groups is 1. The summed E-state index contributed by atoms with van der Waals surface area (Å²) >= 11 is 1.53. The molecule has 0 atom stereocenters. The smallest absolute Gasteiger partial charge is 0.226 e. The Balaban J connectivity index is 1.53. The lowest BCUT2D eigenvalue weighted by molar-refractivity contribution is -0.120. The molecule has 4 heterocycles. The fraction of sp³-hybridized carbons (Fsp3) is 0.500. The van der Waals surface area contributed by atoms with Crippen LogP contribution in [0.3, 0.4) is 0 Å². The Morgan fingerprint density at radius 2 is 2.06 bits per heavy atom. The largest absolute Gasteiger partial charge is 0.481 e. The SMILES string of the molecule is COc1ccc(-c2c(-c3nc(CC(=O)NCC4CCOCC4)cs3)cnn2C(C)(C)C)cn1. The zero-order valence-electron chi connectivity index (χ0n) is 19.6. The molecule has 0 unspecified atom stereocenters. The maximum atomic E-state index is 12.5. The van der Waals surface area contributed by atoms with Gasteiger partial charge < -0.3 is 14.8 Å². The summed E-state index contributed by atoms with van der Waals surface area (Å²) in [4.78, 5) is 21.6. The lowest BCUT2D eigenvalue weighted by Gasteiger charge is -2.23. The van der Waals surface area contributed by atoms with Gasteiger partial charge in [0, 0.05) is 43.0 Å². The second-order valence-corrected chi connectivity index (χ2v) is 10.1. The molecule has 1 aliphatic heterocycles. The zero-order valence-corrected chi connectivity index (χ0v) is 20.4. The van der Waals surface area contributed by atoms with Gasteiger partial charge in [0.15, 0.2) is 0 Å². The van der Waals surface area contributed by atoms with Crippen LogP contribution in [-0.4, -0.2) is 52.5 Å². The molecule has 0 spiro atoms. The number of nitrogens with one attached hydrogen (secondary N) is 1. The van der Waals surface area contributed by atoms with Crippen LogP contribution in [0.25, 0.3) is 21.8 Å². The van der Waals surface area contributed by atoms with Crippen molar-refractivity contribution < 1.29 is 14.3 Å². The van der Waals surface area contributed by atoms with Gasteiger partial charge in [0.2, 0.25) is 11.8 Å². The van der Waals surface area contributed by atoms with E-state index in [1.165, 1.54) is 11.3 Å². The van der Waals surface area contributed by atoms with Gasteiger partial charge in [0.05, 0.1) is 42.2 Å². The van der Waals surface area contributed by atoms with Gasteiger partial charge in [0.1, 0.15) is 5.01 Å². The van der Waals surface area contributed by atoms with Gasteiger partial charge in [0.25, 0.3) is 0 Å². The van der Waals surface area contributed by atoms with Crippen molar-refractivity contribution in [2.75, 3.05) is 26.9 Å². The number of pyridine rings is 1. The minimum Gasteiger partial charge on any atom is -0.481 e. The van der Waals surface area contributed by atoms with Crippen LogP contribution in [0.1, 0.15) is 39.3 Å². The lowest BCUT2D eigenvalue weighted by Crippen LogP contribution is -2.33. The number of aromatic nitrogens is 4. The van der Waals surface area contributed by atoms with Crippen molar-refractivity contribution in [3.05, 3.63) is 35.6 Å². The molecule has 1 saturated heterocycles. The summed E-state index contributed by atoms with van der Waals surface area (Å²) in [5, 5.41) is 10.5. The van der Waals surface area contributed by atoms with E-state index in [2.05, 4.69) is 36.2 Å². The van der Waals surface area contributed by atoms with Crippen LogP contribution in [0.4, 0.5) is 0 Å². The van der Waals surface area contributed by atoms with Crippen molar-refractivity contribution in [1.29, 1.82) is 0 Å². The van der Waals surface area contributed by atoms with Crippen molar-refractivity contribution >= 4 is 17.2 Å². The van der Waals surface area contributed by atoms with Crippen molar-refractivity contribution in [3.63, 3.8) is 0 Å². The molecule has 0 bridgehead atoms. The Hall–Kier alpha value is -2.78. The van der Waals surface area contributed by atoms with Gasteiger partial charge in [-0.15, -0.1) is 11.3 Å². The molecule has 1 fully saturated rings. The first-order valence-corrected chi connectivity index (χ1v) is 12.1. The van der Waals surface area contributed by atoms with Gasteiger partial charge in [-0.2, -0.15) is 5.10 Å². The fourth-order valence-electron chi connectivity index (χ4n) is 3.88. The molecule has 0 aromatic carbocycles. The van der Waals surface area contributed by atoms with E-state index in [0.717, 1.165) is 53.6 Å². The predicted molar refractivity (Wildman–Crippen MR) is 128 cm³/mol. The first-order valence-electron chi connectivity index (χ1n) is 11.2. The second kappa shape index (κ2) is 10.0. The molecule has 0 aliphatic carbocycles. The predicted octanol–water partition coefficient (Wildman–Crippen LogP) is 3.92. The quantitative estimate of drug-likeness (QED) is 0.564. The first-order chi connectivity index (χ1) is 15.8. The van der Waals surface area contributed by atoms with E-state index in [9.17, 15) is 4.79 Å². The van der Waals surface area contributed by atoms with E-state index >= 15 is 0 Å². The van der Waals surface area contributed by atoms with E-state index in [1.807, 2.05) is 28.4 Å². The highest BCUT2D eigenvalue weighted by molar-refractivity contribution is 7.13. The number of thiazole rings is 1. The molecule has 0 radical (unpaired) electrons. The summed E-state index contributed by atoms with van der Waals surface area (Å²) in [7, 11) is 1.60. The van der Waals surface area contributed by atoms with Gasteiger partial charge in [-0.25, -0.2) is 9.97 Å². The van der Waals surface area contributed by atoms with E-state index < -0.39 is 0 Å².